The van der Waals surface area contributed by atoms with E-state index in [4.69, 9.17) is 51.5 Å². The monoisotopic (exact) mass is 524 g/mol. The SMILES string of the molecule is CC(C)(C)C1=NN(C(=O)Nc2ccc(Cl)cc2Cl)C(c2ccc(Cl)cc2Cl)C1n1cncn1. The van der Waals surface area contributed by atoms with Crippen LogP contribution in [0, 0.1) is 5.41 Å². The second kappa shape index (κ2) is 9.14. The van der Waals surface area contributed by atoms with Crippen molar-refractivity contribution >= 4 is 63.8 Å². The standard InChI is InChI=1S/C22H20Cl4N6O/c1-22(2,3)20-19(31-11-27-10-28-31)18(14-6-4-12(23)8-15(14)25)32(30-20)21(33)29-17-7-5-13(24)9-16(17)26/h4-11,18-19H,1-3H3,(H,29,33). The van der Waals surface area contributed by atoms with Gasteiger partial charge in [-0.25, -0.2) is 19.5 Å². The van der Waals surface area contributed by atoms with Gasteiger partial charge in [0.1, 0.15) is 24.7 Å². The molecule has 1 aliphatic heterocycles. The molecule has 2 unspecified atom stereocenters. The van der Waals surface area contributed by atoms with Gasteiger partial charge in [0.05, 0.1) is 16.4 Å². The molecule has 0 aliphatic carbocycles. The predicted octanol–water partition coefficient (Wildman–Crippen LogP) is 7.12. The molecule has 3 aromatic rings. The molecule has 0 saturated carbocycles. The number of carbonyl (C=O) groups is 1. The van der Waals surface area contributed by atoms with Crippen LogP contribution in [0.3, 0.4) is 0 Å². The molecular weight excluding hydrogens is 506 g/mol. The molecule has 0 bridgehead atoms. The summed E-state index contributed by atoms with van der Waals surface area (Å²) >= 11 is 25.0. The first-order valence-electron chi connectivity index (χ1n) is 9.99. The van der Waals surface area contributed by atoms with E-state index in [9.17, 15) is 4.79 Å². The van der Waals surface area contributed by atoms with Gasteiger partial charge in [0.25, 0.3) is 0 Å². The Morgan fingerprint density at radius 3 is 2.21 bits per heavy atom. The Morgan fingerprint density at radius 2 is 1.64 bits per heavy atom. The average Bonchev–Trinajstić information content (AvgIpc) is 3.37. The maximum atomic E-state index is 13.5. The van der Waals surface area contributed by atoms with Gasteiger partial charge in [0.15, 0.2) is 0 Å². The zero-order valence-electron chi connectivity index (χ0n) is 17.9. The number of amides is 2. The van der Waals surface area contributed by atoms with Crippen LogP contribution in [0.4, 0.5) is 10.5 Å². The molecule has 4 rings (SSSR count). The van der Waals surface area contributed by atoms with Crippen LogP contribution in [0.25, 0.3) is 0 Å². The van der Waals surface area contributed by atoms with Crippen molar-refractivity contribution in [1.29, 1.82) is 0 Å². The minimum absolute atomic E-state index is 0.309. The van der Waals surface area contributed by atoms with E-state index in [1.807, 2.05) is 20.8 Å². The van der Waals surface area contributed by atoms with Crippen molar-refractivity contribution in [2.45, 2.75) is 32.9 Å². The largest absolute Gasteiger partial charge is 0.342 e. The van der Waals surface area contributed by atoms with Gasteiger partial charge in [-0.3, -0.25) is 0 Å². The number of urea groups is 1. The van der Waals surface area contributed by atoms with Crippen molar-refractivity contribution in [2.24, 2.45) is 10.5 Å². The van der Waals surface area contributed by atoms with Gasteiger partial charge in [-0.1, -0.05) is 73.2 Å². The lowest BCUT2D eigenvalue weighted by atomic mass is 9.82. The van der Waals surface area contributed by atoms with Gasteiger partial charge in [0, 0.05) is 20.5 Å². The third-order valence-electron chi connectivity index (χ3n) is 5.21. The first-order valence-corrected chi connectivity index (χ1v) is 11.5. The quantitative estimate of drug-likeness (QED) is 0.395. The van der Waals surface area contributed by atoms with Crippen LogP contribution in [0.5, 0.6) is 0 Å². The lowest BCUT2D eigenvalue weighted by Crippen LogP contribution is -2.36. The van der Waals surface area contributed by atoms with Crippen molar-refractivity contribution < 1.29 is 4.79 Å². The van der Waals surface area contributed by atoms with Crippen LogP contribution in [-0.4, -0.2) is 31.5 Å². The summed E-state index contributed by atoms with van der Waals surface area (Å²) < 4.78 is 1.68. The fourth-order valence-corrected chi connectivity index (χ4v) is 4.70. The highest BCUT2D eigenvalue weighted by atomic mass is 35.5. The molecule has 172 valence electrons. The molecule has 33 heavy (non-hydrogen) atoms. The molecule has 2 amide bonds. The lowest BCUT2D eigenvalue weighted by Gasteiger charge is -2.30. The Hall–Kier alpha value is -2.32. The van der Waals surface area contributed by atoms with Gasteiger partial charge in [-0.05, 0) is 35.9 Å². The molecule has 2 heterocycles. The van der Waals surface area contributed by atoms with Crippen molar-refractivity contribution in [3.8, 4) is 0 Å². The number of anilines is 1. The molecular formula is C22H20Cl4N6O. The van der Waals surface area contributed by atoms with Crippen molar-refractivity contribution in [3.05, 3.63) is 74.7 Å². The predicted molar refractivity (Wildman–Crippen MR) is 132 cm³/mol. The molecule has 1 aliphatic rings. The zero-order chi connectivity index (χ0) is 23.9. The van der Waals surface area contributed by atoms with E-state index in [0.717, 1.165) is 5.71 Å². The van der Waals surface area contributed by atoms with Crippen LogP contribution in [0.2, 0.25) is 20.1 Å². The second-order valence-electron chi connectivity index (χ2n) is 8.57. The summed E-state index contributed by atoms with van der Waals surface area (Å²) in [5, 5.41) is 15.0. The molecule has 2 atom stereocenters. The van der Waals surface area contributed by atoms with E-state index in [2.05, 4.69) is 15.4 Å². The Kier molecular flexibility index (Phi) is 6.60. The first kappa shape index (κ1) is 23.8. The van der Waals surface area contributed by atoms with Gasteiger partial charge < -0.3 is 5.32 Å². The second-order valence-corrected chi connectivity index (χ2v) is 10.3. The molecule has 0 fully saturated rings. The van der Waals surface area contributed by atoms with Crippen molar-refractivity contribution in [1.82, 2.24) is 19.8 Å². The molecule has 1 aromatic heterocycles. The van der Waals surface area contributed by atoms with E-state index < -0.39 is 18.1 Å². The van der Waals surface area contributed by atoms with E-state index in [0.29, 0.717) is 31.3 Å². The van der Waals surface area contributed by atoms with E-state index in [-0.39, 0.29) is 5.41 Å². The summed E-state index contributed by atoms with van der Waals surface area (Å²) in [5.74, 6) is 0. The Morgan fingerprint density at radius 1 is 0.970 bits per heavy atom. The molecule has 11 heteroatoms. The number of hydrogen-bond acceptors (Lipinski definition) is 4. The fourth-order valence-electron chi connectivity index (χ4n) is 3.72. The third-order valence-corrected chi connectivity index (χ3v) is 6.32. The molecule has 0 saturated heterocycles. The molecule has 7 nitrogen and oxygen atoms in total. The van der Waals surface area contributed by atoms with Gasteiger partial charge in [-0.15, -0.1) is 0 Å². The number of aromatic nitrogens is 3. The average molecular weight is 526 g/mol. The van der Waals surface area contributed by atoms with Gasteiger partial charge >= 0.3 is 6.03 Å². The summed E-state index contributed by atoms with van der Waals surface area (Å²) in [6.07, 6.45) is 3.04. The van der Waals surface area contributed by atoms with E-state index >= 15 is 0 Å². The Bertz CT molecular complexity index is 1220. The summed E-state index contributed by atoms with van der Waals surface area (Å²) in [5.41, 5.74) is 1.42. The fraction of sp³-hybridized carbons (Fsp3) is 0.273. The number of halogens is 4. The highest BCUT2D eigenvalue weighted by Crippen LogP contribution is 2.46. The smallest absolute Gasteiger partial charge is 0.305 e. The number of benzene rings is 2. The lowest BCUT2D eigenvalue weighted by molar-refractivity contribution is 0.188. The highest BCUT2D eigenvalue weighted by molar-refractivity contribution is 6.37. The van der Waals surface area contributed by atoms with Gasteiger partial charge in [0.2, 0.25) is 0 Å². The van der Waals surface area contributed by atoms with Crippen LogP contribution in [0.1, 0.15) is 38.4 Å². The minimum Gasteiger partial charge on any atom is -0.305 e. The molecule has 2 aromatic carbocycles. The summed E-state index contributed by atoms with van der Waals surface area (Å²) in [6, 6.07) is 8.43. The number of nitrogens with zero attached hydrogens (tertiary/aromatic N) is 5. The number of nitrogens with one attached hydrogen (secondary N) is 1. The number of rotatable bonds is 3. The minimum atomic E-state index is -0.614. The topological polar surface area (TPSA) is 75.4 Å². The van der Waals surface area contributed by atoms with E-state index in [1.165, 1.54) is 11.3 Å². The summed E-state index contributed by atoms with van der Waals surface area (Å²) in [7, 11) is 0. The maximum Gasteiger partial charge on any atom is 0.342 e. The Labute approximate surface area is 211 Å². The Balaban J connectivity index is 1.83. The third kappa shape index (κ3) is 4.82. The van der Waals surface area contributed by atoms with Crippen molar-refractivity contribution in [2.75, 3.05) is 5.32 Å². The summed E-state index contributed by atoms with van der Waals surface area (Å²) in [6.45, 7) is 6.06. The van der Waals surface area contributed by atoms with Crippen LogP contribution >= 0.6 is 46.4 Å². The van der Waals surface area contributed by atoms with Crippen LogP contribution in [0.15, 0.2) is 54.2 Å². The molecule has 0 spiro atoms. The van der Waals surface area contributed by atoms with Crippen molar-refractivity contribution in [3.63, 3.8) is 0 Å². The first-order chi connectivity index (χ1) is 15.6. The number of carbonyl (C=O) groups excluding carboxylic acids is 1. The maximum absolute atomic E-state index is 13.5. The van der Waals surface area contributed by atoms with E-state index in [1.54, 1.807) is 47.4 Å². The molecule has 0 radical (unpaired) electrons. The number of hydrogen-bond donors (Lipinski definition) is 1. The normalized spacial score (nSPS) is 18.4. The molecule has 1 N–H and O–H groups in total. The van der Waals surface area contributed by atoms with Gasteiger partial charge in [-0.2, -0.15) is 10.2 Å². The number of hydrazone groups is 1. The zero-order valence-corrected chi connectivity index (χ0v) is 21.0. The van der Waals surface area contributed by atoms with Crippen LogP contribution in [-0.2, 0) is 0 Å². The van der Waals surface area contributed by atoms with Crippen LogP contribution < -0.4 is 5.32 Å². The summed E-state index contributed by atoms with van der Waals surface area (Å²) in [4.78, 5) is 17.6. The highest BCUT2D eigenvalue weighted by Gasteiger charge is 2.47.